The molecule has 2 unspecified atom stereocenters. The summed E-state index contributed by atoms with van der Waals surface area (Å²) in [7, 11) is -0.551. The van der Waals surface area contributed by atoms with Gasteiger partial charge in [-0.3, -0.25) is 4.79 Å². The molecule has 1 saturated heterocycles. The van der Waals surface area contributed by atoms with Gasteiger partial charge in [-0.2, -0.15) is 17.4 Å². The van der Waals surface area contributed by atoms with Crippen molar-refractivity contribution in [3.63, 3.8) is 0 Å². The first-order chi connectivity index (χ1) is 15.8. The molecule has 2 atom stereocenters. The molecule has 4 bridgehead atoms. The van der Waals surface area contributed by atoms with E-state index in [9.17, 15) is 13.2 Å². The summed E-state index contributed by atoms with van der Waals surface area (Å²) in [6.07, 6.45) is 7.07. The fraction of sp³-hybridized carbons (Fsp3) is 0.708. The normalized spacial score (nSPS) is 29.5. The highest BCUT2D eigenvalue weighted by Gasteiger charge is 2.40. The molecule has 9 heteroatoms. The van der Waals surface area contributed by atoms with Gasteiger partial charge in [0.25, 0.3) is 10.2 Å². The Morgan fingerprint density at radius 1 is 1.12 bits per heavy atom. The molecule has 1 aromatic rings. The van der Waals surface area contributed by atoms with E-state index >= 15 is 0 Å². The van der Waals surface area contributed by atoms with Crippen molar-refractivity contribution in [2.24, 2.45) is 0 Å². The van der Waals surface area contributed by atoms with Crippen molar-refractivity contribution in [1.82, 2.24) is 13.9 Å². The Balaban J connectivity index is 1.49. The molecular weight excluding hydrogens is 440 g/mol. The minimum atomic E-state index is -3.58. The second-order valence-electron chi connectivity index (χ2n) is 9.77. The van der Waals surface area contributed by atoms with E-state index in [4.69, 9.17) is 4.74 Å². The molecule has 1 aliphatic carbocycles. The number of hydrogen-bond donors (Lipinski definition) is 2. The van der Waals surface area contributed by atoms with Crippen LogP contribution in [-0.2, 0) is 19.7 Å². The molecule has 5 rings (SSSR count). The second kappa shape index (κ2) is 10.7. The van der Waals surface area contributed by atoms with Crippen molar-refractivity contribution in [1.29, 1.82) is 0 Å². The number of amides is 1. The summed E-state index contributed by atoms with van der Waals surface area (Å²) >= 11 is 0. The SMILES string of the molecule is CN(C)S(=O)(=O)NC1CCN2C(=O)CCCCNc3cccc(c3)C3CCC(CC3)OCC12. The van der Waals surface area contributed by atoms with E-state index in [0.29, 0.717) is 31.9 Å². The number of nitrogens with zero attached hydrogens (tertiary/aromatic N) is 2. The molecule has 184 valence electrons. The molecule has 3 heterocycles. The van der Waals surface area contributed by atoms with Gasteiger partial charge in [-0.1, -0.05) is 12.1 Å². The number of carbonyl (C=O) groups excluding carboxylic acids is 1. The molecule has 0 spiro atoms. The van der Waals surface area contributed by atoms with Crippen molar-refractivity contribution < 1.29 is 17.9 Å². The van der Waals surface area contributed by atoms with E-state index in [0.717, 1.165) is 50.8 Å². The maximum Gasteiger partial charge on any atom is 0.279 e. The first-order valence-corrected chi connectivity index (χ1v) is 13.7. The number of carbonyl (C=O) groups is 1. The zero-order chi connectivity index (χ0) is 23.4. The van der Waals surface area contributed by atoms with E-state index in [1.807, 2.05) is 4.90 Å². The predicted molar refractivity (Wildman–Crippen MR) is 129 cm³/mol. The van der Waals surface area contributed by atoms with Gasteiger partial charge in [0, 0.05) is 45.3 Å². The largest absolute Gasteiger partial charge is 0.385 e. The minimum absolute atomic E-state index is 0.0881. The molecule has 8 nitrogen and oxygen atoms in total. The Kier molecular flexibility index (Phi) is 7.94. The molecule has 2 fully saturated rings. The summed E-state index contributed by atoms with van der Waals surface area (Å²) in [5, 5.41) is 3.51. The summed E-state index contributed by atoms with van der Waals surface area (Å²) < 4.78 is 35.2. The van der Waals surface area contributed by atoms with Gasteiger partial charge in [0.2, 0.25) is 5.91 Å². The highest BCUT2D eigenvalue weighted by Crippen LogP contribution is 2.35. The predicted octanol–water partition coefficient (Wildman–Crippen LogP) is 2.69. The van der Waals surface area contributed by atoms with Crippen molar-refractivity contribution in [2.75, 3.05) is 39.1 Å². The molecule has 1 saturated carbocycles. The van der Waals surface area contributed by atoms with Crippen LogP contribution in [0.3, 0.4) is 0 Å². The van der Waals surface area contributed by atoms with Crippen molar-refractivity contribution in [2.45, 2.75) is 75.5 Å². The Labute approximate surface area is 198 Å². The molecule has 0 radical (unpaired) electrons. The monoisotopic (exact) mass is 478 g/mol. The lowest BCUT2D eigenvalue weighted by Crippen LogP contribution is -2.51. The third-order valence-electron chi connectivity index (χ3n) is 7.33. The van der Waals surface area contributed by atoms with Crippen LogP contribution in [0, 0.1) is 0 Å². The summed E-state index contributed by atoms with van der Waals surface area (Å²) in [4.78, 5) is 14.9. The van der Waals surface area contributed by atoms with Crippen LogP contribution in [0.25, 0.3) is 0 Å². The zero-order valence-corrected chi connectivity index (χ0v) is 20.6. The fourth-order valence-electron chi connectivity index (χ4n) is 5.28. The third-order valence-corrected chi connectivity index (χ3v) is 8.89. The number of nitrogens with one attached hydrogen (secondary N) is 2. The highest BCUT2D eigenvalue weighted by molar-refractivity contribution is 7.87. The van der Waals surface area contributed by atoms with Crippen LogP contribution < -0.4 is 10.0 Å². The van der Waals surface area contributed by atoms with Crippen LogP contribution in [0.1, 0.15) is 62.8 Å². The first-order valence-electron chi connectivity index (χ1n) is 12.3. The smallest absolute Gasteiger partial charge is 0.279 e. The van der Waals surface area contributed by atoms with Crippen molar-refractivity contribution in [3.05, 3.63) is 29.8 Å². The van der Waals surface area contributed by atoms with Crippen LogP contribution in [0.2, 0.25) is 0 Å². The Morgan fingerprint density at radius 2 is 1.91 bits per heavy atom. The number of ether oxygens (including phenoxy) is 1. The van der Waals surface area contributed by atoms with Gasteiger partial charge < -0.3 is 15.0 Å². The Hall–Kier alpha value is -1.68. The van der Waals surface area contributed by atoms with Crippen LogP contribution >= 0.6 is 0 Å². The molecule has 1 aromatic carbocycles. The lowest BCUT2D eigenvalue weighted by atomic mass is 9.82. The summed E-state index contributed by atoms with van der Waals surface area (Å²) in [6.45, 7) is 1.77. The van der Waals surface area contributed by atoms with Gasteiger partial charge >= 0.3 is 0 Å². The molecule has 33 heavy (non-hydrogen) atoms. The summed E-state index contributed by atoms with van der Waals surface area (Å²) in [5.41, 5.74) is 2.54. The van der Waals surface area contributed by atoms with Gasteiger partial charge in [0.15, 0.2) is 0 Å². The average Bonchev–Trinajstić information content (AvgIpc) is 3.19. The summed E-state index contributed by atoms with van der Waals surface area (Å²) in [6, 6.07) is 8.13. The fourth-order valence-corrected chi connectivity index (χ4v) is 6.15. The first kappa shape index (κ1) is 24.4. The van der Waals surface area contributed by atoms with Crippen LogP contribution in [0.5, 0.6) is 0 Å². The molecule has 4 aliphatic rings. The van der Waals surface area contributed by atoms with E-state index < -0.39 is 10.2 Å². The standard InChI is InChI=1S/C24H38N4O4S/c1-27(2)33(30,31)26-22-13-15-28-23(22)17-32-21-11-9-18(10-12-21)19-6-5-7-20(16-19)25-14-4-3-8-24(28)29/h5-7,16,18,21-23,25-26H,3-4,8-15,17H2,1-2H3. The number of rotatable bonds is 3. The van der Waals surface area contributed by atoms with E-state index in [-0.39, 0.29) is 24.1 Å². The lowest BCUT2D eigenvalue weighted by Gasteiger charge is -2.33. The minimum Gasteiger partial charge on any atom is -0.385 e. The average molecular weight is 479 g/mol. The van der Waals surface area contributed by atoms with Gasteiger partial charge in [-0.25, -0.2) is 0 Å². The van der Waals surface area contributed by atoms with Crippen molar-refractivity contribution >= 4 is 21.8 Å². The van der Waals surface area contributed by atoms with Gasteiger partial charge in [0.05, 0.1) is 18.8 Å². The third kappa shape index (κ3) is 6.07. The molecule has 2 N–H and O–H groups in total. The van der Waals surface area contributed by atoms with Gasteiger partial charge in [-0.15, -0.1) is 0 Å². The zero-order valence-electron chi connectivity index (χ0n) is 19.8. The van der Waals surface area contributed by atoms with Gasteiger partial charge in [-0.05, 0) is 68.6 Å². The number of anilines is 1. The highest BCUT2D eigenvalue weighted by atomic mass is 32.2. The number of fused-ring (bicyclic) bond motifs is 8. The maximum absolute atomic E-state index is 13.1. The van der Waals surface area contributed by atoms with E-state index in [1.165, 1.54) is 24.0 Å². The number of benzene rings is 1. The topological polar surface area (TPSA) is 91.0 Å². The Bertz CT molecular complexity index is 915. The Morgan fingerprint density at radius 3 is 2.67 bits per heavy atom. The van der Waals surface area contributed by atoms with E-state index in [1.54, 1.807) is 0 Å². The molecule has 3 aliphatic heterocycles. The van der Waals surface area contributed by atoms with Crippen LogP contribution in [0.4, 0.5) is 5.69 Å². The quantitative estimate of drug-likeness (QED) is 0.697. The summed E-state index contributed by atoms with van der Waals surface area (Å²) in [5.74, 6) is 0.636. The molecule has 1 amide bonds. The van der Waals surface area contributed by atoms with Crippen LogP contribution in [0.15, 0.2) is 24.3 Å². The molecule has 0 aromatic heterocycles. The van der Waals surface area contributed by atoms with Crippen LogP contribution in [-0.4, -0.2) is 75.5 Å². The van der Waals surface area contributed by atoms with E-state index in [2.05, 4.69) is 34.3 Å². The maximum atomic E-state index is 13.1. The van der Waals surface area contributed by atoms with Crippen molar-refractivity contribution in [3.8, 4) is 0 Å². The second-order valence-corrected chi connectivity index (χ2v) is 11.7. The van der Waals surface area contributed by atoms with Gasteiger partial charge in [0.1, 0.15) is 0 Å². The molecular formula is C24H38N4O4S. The number of hydrogen-bond acceptors (Lipinski definition) is 5. The lowest BCUT2D eigenvalue weighted by molar-refractivity contribution is -0.134.